The van der Waals surface area contributed by atoms with Crippen molar-refractivity contribution in [3.8, 4) is 0 Å². The minimum absolute atomic E-state index is 0.0716. The molecule has 1 unspecified atom stereocenters. The lowest BCUT2D eigenvalue weighted by Crippen LogP contribution is -2.49. The summed E-state index contributed by atoms with van der Waals surface area (Å²) in [5, 5.41) is 2.32. The van der Waals surface area contributed by atoms with Gasteiger partial charge in [0, 0.05) is 17.1 Å². The Morgan fingerprint density at radius 2 is 1.81 bits per heavy atom. The highest BCUT2D eigenvalue weighted by atomic mass is 79.9. The summed E-state index contributed by atoms with van der Waals surface area (Å²) in [6.45, 7) is 0.183. The molecule has 0 bridgehead atoms. The quantitative estimate of drug-likeness (QED) is 0.754. The SMILES string of the molecule is O=C(Nc1cc(F)ccc1F)C1CCCCN1S(=O)(=O)c1ccc(Br)cc1. The van der Waals surface area contributed by atoms with E-state index in [4.69, 9.17) is 0 Å². The van der Waals surface area contributed by atoms with Gasteiger partial charge in [0.05, 0.1) is 10.6 Å². The molecule has 0 saturated carbocycles. The second-order valence-electron chi connectivity index (χ2n) is 6.19. The third-order valence-electron chi connectivity index (χ3n) is 4.36. The number of carbonyl (C=O) groups excluding carboxylic acids is 1. The van der Waals surface area contributed by atoms with Gasteiger partial charge in [-0.15, -0.1) is 0 Å². The number of hydrogen-bond donors (Lipinski definition) is 1. The largest absolute Gasteiger partial charge is 0.322 e. The van der Waals surface area contributed by atoms with E-state index >= 15 is 0 Å². The number of piperidine rings is 1. The van der Waals surface area contributed by atoms with E-state index in [9.17, 15) is 22.0 Å². The molecule has 1 atom stereocenters. The van der Waals surface area contributed by atoms with Crippen LogP contribution in [0.3, 0.4) is 0 Å². The molecule has 1 N–H and O–H groups in total. The van der Waals surface area contributed by atoms with E-state index in [0.717, 1.165) is 27.0 Å². The van der Waals surface area contributed by atoms with Crippen LogP contribution in [-0.2, 0) is 14.8 Å². The number of hydrogen-bond acceptors (Lipinski definition) is 3. The van der Waals surface area contributed by atoms with Gasteiger partial charge in [0.15, 0.2) is 0 Å². The average Bonchev–Trinajstić information content (AvgIpc) is 2.65. The summed E-state index contributed by atoms with van der Waals surface area (Å²) < 4.78 is 55.0. The first kappa shape index (κ1) is 19.9. The Bertz CT molecular complexity index is 952. The van der Waals surface area contributed by atoms with Crippen LogP contribution in [-0.4, -0.2) is 31.2 Å². The van der Waals surface area contributed by atoms with Crippen LogP contribution in [0.25, 0.3) is 0 Å². The Hall–Kier alpha value is -1.84. The van der Waals surface area contributed by atoms with Gasteiger partial charge in [-0.2, -0.15) is 4.31 Å². The van der Waals surface area contributed by atoms with Crippen molar-refractivity contribution in [1.82, 2.24) is 4.31 Å². The maximum atomic E-state index is 13.8. The van der Waals surface area contributed by atoms with Crippen LogP contribution < -0.4 is 5.32 Å². The highest BCUT2D eigenvalue weighted by molar-refractivity contribution is 9.10. The number of halogens is 3. The average molecular weight is 459 g/mol. The van der Waals surface area contributed by atoms with Crippen molar-refractivity contribution in [2.45, 2.75) is 30.2 Å². The standard InChI is InChI=1S/C18H17BrF2N2O3S/c19-12-4-7-14(8-5-12)27(25,26)23-10-2-1-3-17(23)18(24)22-16-11-13(20)6-9-15(16)21/h4-9,11,17H,1-3,10H2,(H,22,24). The molecule has 1 heterocycles. The molecule has 0 aromatic heterocycles. The minimum atomic E-state index is -3.90. The number of nitrogens with zero attached hydrogens (tertiary/aromatic N) is 1. The molecule has 0 radical (unpaired) electrons. The van der Waals surface area contributed by atoms with Crippen LogP contribution in [0.5, 0.6) is 0 Å². The van der Waals surface area contributed by atoms with Crippen molar-refractivity contribution in [3.63, 3.8) is 0 Å². The van der Waals surface area contributed by atoms with Gasteiger partial charge < -0.3 is 5.32 Å². The topological polar surface area (TPSA) is 66.5 Å². The van der Waals surface area contributed by atoms with Crippen molar-refractivity contribution >= 4 is 37.5 Å². The van der Waals surface area contributed by atoms with Gasteiger partial charge in [-0.25, -0.2) is 17.2 Å². The Labute approximate surface area is 164 Å². The van der Waals surface area contributed by atoms with Crippen LogP contribution in [0.4, 0.5) is 14.5 Å². The van der Waals surface area contributed by atoms with Crippen molar-refractivity contribution in [2.24, 2.45) is 0 Å². The number of amides is 1. The van der Waals surface area contributed by atoms with Crippen LogP contribution in [0.2, 0.25) is 0 Å². The summed E-state index contributed by atoms with van der Waals surface area (Å²) in [6.07, 6.45) is 1.59. The third-order valence-corrected chi connectivity index (χ3v) is 6.81. The zero-order valence-corrected chi connectivity index (χ0v) is 16.6. The summed E-state index contributed by atoms with van der Waals surface area (Å²) in [7, 11) is -3.90. The van der Waals surface area contributed by atoms with E-state index in [1.807, 2.05) is 0 Å². The fourth-order valence-corrected chi connectivity index (χ4v) is 4.93. The smallest absolute Gasteiger partial charge is 0.243 e. The van der Waals surface area contributed by atoms with E-state index in [1.165, 1.54) is 12.1 Å². The maximum absolute atomic E-state index is 13.8. The molecule has 2 aromatic rings. The van der Waals surface area contributed by atoms with Crippen molar-refractivity contribution in [2.75, 3.05) is 11.9 Å². The van der Waals surface area contributed by atoms with Crippen LogP contribution in [0.1, 0.15) is 19.3 Å². The number of carbonyl (C=O) groups is 1. The van der Waals surface area contributed by atoms with Gasteiger partial charge in [0.25, 0.3) is 0 Å². The van der Waals surface area contributed by atoms with Crippen molar-refractivity contribution in [3.05, 3.63) is 58.6 Å². The highest BCUT2D eigenvalue weighted by Gasteiger charge is 2.37. The Morgan fingerprint density at radius 3 is 2.52 bits per heavy atom. The van der Waals surface area contributed by atoms with E-state index in [-0.39, 0.29) is 17.1 Å². The molecule has 1 aliphatic heterocycles. The molecule has 0 aliphatic carbocycles. The molecule has 0 spiro atoms. The number of rotatable bonds is 4. The van der Waals surface area contributed by atoms with E-state index in [0.29, 0.717) is 19.3 Å². The fourth-order valence-electron chi connectivity index (χ4n) is 3.01. The predicted molar refractivity (Wildman–Crippen MR) is 101 cm³/mol. The zero-order chi connectivity index (χ0) is 19.6. The summed E-state index contributed by atoms with van der Waals surface area (Å²) >= 11 is 3.25. The van der Waals surface area contributed by atoms with E-state index in [2.05, 4.69) is 21.2 Å². The van der Waals surface area contributed by atoms with Crippen LogP contribution in [0.15, 0.2) is 51.8 Å². The molecule has 1 fully saturated rings. The number of sulfonamides is 1. The lowest BCUT2D eigenvalue weighted by Gasteiger charge is -2.33. The molecule has 144 valence electrons. The summed E-state index contributed by atoms with van der Waals surface area (Å²) in [6, 6.07) is 7.84. The lowest BCUT2D eigenvalue weighted by atomic mass is 10.0. The molecule has 9 heteroatoms. The molecule has 3 rings (SSSR count). The summed E-state index contributed by atoms with van der Waals surface area (Å²) in [5.74, 6) is -2.17. The van der Waals surface area contributed by atoms with Gasteiger partial charge in [-0.1, -0.05) is 22.4 Å². The van der Waals surface area contributed by atoms with Gasteiger partial charge in [0.1, 0.15) is 17.7 Å². The first-order chi connectivity index (χ1) is 12.8. The fraction of sp³-hybridized carbons (Fsp3) is 0.278. The number of nitrogens with one attached hydrogen (secondary N) is 1. The predicted octanol–water partition coefficient (Wildman–Crippen LogP) is 3.91. The Kier molecular flexibility index (Phi) is 5.92. The van der Waals surface area contributed by atoms with Crippen LogP contribution >= 0.6 is 15.9 Å². The van der Waals surface area contributed by atoms with E-state index in [1.54, 1.807) is 12.1 Å². The maximum Gasteiger partial charge on any atom is 0.243 e. The molecule has 2 aromatic carbocycles. The second-order valence-corrected chi connectivity index (χ2v) is 9.00. The minimum Gasteiger partial charge on any atom is -0.322 e. The lowest BCUT2D eigenvalue weighted by molar-refractivity contribution is -0.120. The highest BCUT2D eigenvalue weighted by Crippen LogP contribution is 2.27. The summed E-state index contributed by atoms with van der Waals surface area (Å²) in [5.41, 5.74) is -0.313. The molecule has 5 nitrogen and oxygen atoms in total. The van der Waals surface area contributed by atoms with Gasteiger partial charge in [0.2, 0.25) is 15.9 Å². The van der Waals surface area contributed by atoms with Gasteiger partial charge in [-0.05, 0) is 49.2 Å². The van der Waals surface area contributed by atoms with Crippen molar-refractivity contribution in [1.29, 1.82) is 0 Å². The first-order valence-corrected chi connectivity index (χ1v) is 10.6. The van der Waals surface area contributed by atoms with Crippen molar-refractivity contribution < 1.29 is 22.0 Å². The molecular formula is C18H17BrF2N2O3S. The Morgan fingerprint density at radius 1 is 1.11 bits per heavy atom. The molecule has 27 heavy (non-hydrogen) atoms. The zero-order valence-electron chi connectivity index (χ0n) is 14.2. The number of anilines is 1. The summed E-state index contributed by atoms with van der Waals surface area (Å²) in [4.78, 5) is 12.7. The van der Waals surface area contributed by atoms with E-state index < -0.39 is 33.6 Å². The second kappa shape index (κ2) is 8.04. The molecule has 1 aliphatic rings. The number of benzene rings is 2. The molecule has 1 amide bonds. The van der Waals surface area contributed by atoms with Gasteiger partial charge in [-0.3, -0.25) is 4.79 Å². The third kappa shape index (κ3) is 4.36. The molecule has 1 saturated heterocycles. The first-order valence-electron chi connectivity index (χ1n) is 8.32. The Balaban J connectivity index is 1.87. The monoisotopic (exact) mass is 458 g/mol. The molecular weight excluding hydrogens is 442 g/mol. The van der Waals surface area contributed by atoms with Gasteiger partial charge >= 0.3 is 0 Å². The van der Waals surface area contributed by atoms with Crippen LogP contribution in [0, 0.1) is 11.6 Å². The normalized spacial score (nSPS) is 18.3.